The Hall–Kier alpha value is -4.48. The quantitative estimate of drug-likeness (QED) is 0.167. The molecule has 13 heteroatoms. The number of benzene rings is 2. The van der Waals surface area contributed by atoms with Crippen LogP contribution in [-0.4, -0.2) is 55.0 Å². The van der Waals surface area contributed by atoms with Gasteiger partial charge in [-0.15, -0.1) is 0 Å². The molecule has 0 N–H and O–H groups in total. The molecule has 0 radical (unpaired) electrons. The van der Waals surface area contributed by atoms with Crippen molar-refractivity contribution in [2.45, 2.75) is 62.9 Å². The molecular formula is C35H32Cl2N6O5. The van der Waals surface area contributed by atoms with Gasteiger partial charge in [0.15, 0.2) is 5.76 Å². The summed E-state index contributed by atoms with van der Waals surface area (Å²) in [5.41, 5.74) is 1.47. The highest BCUT2D eigenvalue weighted by Crippen LogP contribution is 2.43. The van der Waals surface area contributed by atoms with Crippen molar-refractivity contribution in [1.29, 1.82) is 0 Å². The minimum atomic E-state index is -0.421. The number of carbonyl (C=O) groups is 2. The van der Waals surface area contributed by atoms with Crippen molar-refractivity contribution in [2.75, 3.05) is 13.1 Å². The van der Waals surface area contributed by atoms with E-state index < -0.39 is 6.04 Å². The molecule has 0 bridgehead atoms. The van der Waals surface area contributed by atoms with E-state index >= 15 is 0 Å². The summed E-state index contributed by atoms with van der Waals surface area (Å²) < 4.78 is 17.7. The van der Waals surface area contributed by atoms with Gasteiger partial charge in [-0.1, -0.05) is 64.2 Å². The Morgan fingerprint density at radius 2 is 1.40 bits per heavy atom. The van der Waals surface area contributed by atoms with E-state index in [-0.39, 0.29) is 35.5 Å². The Morgan fingerprint density at radius 1 is 0.729 bits per heavy atom. The largest absolute Gasteiger partial charge is 0.456 e. The summed E-state index contributed by atoms with van der Waals surface area (Å²) in [5, 5.41) is 9.51. The van der Waals surface area contributed by atoms with Crippen LogP contribution in [-0.2, 0) is 4.79 Å². The van der Waals surface area contributed by atoms with E-state index in [2.05, 4.69) is 15.3 Å². The number of carbonyl (C=O) groups excluding carboxylic acids is 2. The molecule has 2 amide bonds. The maximum Gasteiger partial charge on any atom is 0.290 e. The number of amides is 2. The second kappa shape index (κ2) is 12.9. The van der Waals surface area contributed by atoms with Crippen LogP contribution in [0.3, 0.4) is 0 Å². The van der Waals surface area contributed by atoms with E-state index in [1.165, 1.54) is 0 Å². The summed E-state index contributed by atoms with van der Waals surface area (Å²) in [4.78, 5) is 40.2. The zero-order valence-corrected chi connectivity index (χ0v) is 27.4. The minimum Gasteiger partial charge on any atom is -0.456 e. The molecule has 5 aromatic rings. The summed E-state index contributed by atoms with van der Waals surface area (Å²) in [5.74, 6) is 2.39. The van der Waals surface area contributed by atoms with Crippen LogP contribution in [0.4, 0.5) is 0 Å². The van der Waals surface area contributed by atoms with Crippen LogP contribution in [0.1, 0.15) is 91.0 Å². The lowest BCUT2D eigenvalue weighted by Gasteiger charge is -2.40. The monoisotopic (exact) mass is 686 g/mol. The molecule has 0 spiro atoms. The first-order valence-corrected chi connectivity index (χ1v) is 17.1. The molecule has 5 heterocycles. The molecule has 1 saturated carbocycles. The van der Waals surface area contributed by atoms with Crippen LogP contribution in [0.25, 0.3) is 22.8 Å². The molecule has 11 nitrogen and oxygen atoms in total. The molecule has 3 unspecified atom stereocenters. The van der Waals surface area contributed by atoms with E-state index in [9.17, 15) is 9.59 Å². The van der Waals surface area contributed by atoms with Gasteiger partial charge >= 0.3 is 0 Å². The average molecular weight is 688 g/mol. The summed E-state index contributed by atoms with van der Waals surface area (Å²) in [7, 11) is 0. The van der Waals surface area contributed by atoms with Crippen LogP contribution in [0.15, 0.2) is 74.1 Å². The maximum atomic E-state index is 13.8. The summed E-state index contributed by atoms with van der Waals surface area (Å²) in [6.07, 6.45) is 5.57. The van der Waals surface area contributed by atoms with Crippen molar-refractivity contribution in [1.82, 2.24) is 30.1 Å². The first-order chi connectivity index (χ1) is 23.4. The summed E-state index contributed by atoms with van der Waals surface area (Å²) in [6, 6.07) is 17.3. The van der Waals surface area contributed by atoms with Crippen molar-refractivity contribution < 1.29 is 23.1 Å². The summed E-state index contributed by atoms with van der Waals surface area (Å²) in [6.45, 7) is 1.06. The van der Waals surface area contributed by atoms with Gasteiger partial charge in [0.2, 0.25) is 29.3 Å². The van der Waals surface area contributed by atoms with Crippen LogP contribution < -0.4 is 0 Å². The van der Waals surface area contributed by atoms with Crippen LogP contribution in [0, 0.1) is 5.92 Å². The number of rotatable bonds is 7. The van der Waals surface area contributed by atoms with Gasteiger partial charge < -0.3 is 23.3 Å². The van der Waals surface area contributed by atoms with Gasteiger partial charge in [-0.2, -0.15) is 9.97 Å². The lowest BCUT2D eigenvalue weighted by molar-refractivity contribution is -0.143. The number of hydrogen-bond donors (Lipinski definition) is 0. The first-order valence-electron chi connectivity index (χ1n) is 16.3. The highest BCUT2D eigenvalue weighted by molar-refractivity contribution is 6.31. The molecule has 2 saturated heterocycles. The Kier molecular flexibility index (Phi) is 8.25. The maximum absolute atomic E-state index is 13.8. The molecular weight excluding hydrogens is 655 g/mol. The lowest BCUT2D eigenvalue weighted by atomic mass is 9.82. The molecule has 2 aliphatic heterocycles. The summed E-state index contributed by atoms with van der Waals surface area (Å²) >= 11 is 12.3. The Balaban J connectivity index is 1.01. The third kappa shape index (κ3) is 5.90. The molecule has 3 aliphatic rings. The number of hydrogen-bond acceptors (Lipinski definition) is 9. The zero-order chi connectivity index (χ0) is 32.8. The van der Waals surface area contributed by atoms with Crippen LogP contribution in [0.5, 0.6) is 0 Å². The average Bonchev–Trinajstić information content (AvgIpc) is 3.90. The predicted molar refractivity (Wildman–Crippen MR) is 175 cm³/mol. The topological polar surface area (TPSA) is 132 Å². The van der Waals surface area contributed by atoms with Crippen molar-refractivity contribution in [3.8, 4) is 22.8 Å². The predicted octanol–water partition coefficient (Wildman–Crippen LogP) is 7.91. The second-order valence-corrected chi connectivity index (χ2v) is 13.6. The minimum absolute atomic E-state index is 0.0287. The number of likely N-dealkylation sites (tertiary alicyclic amines) is 2. The molecule has 3 atom stereocenters. The van der Waals surface area contributed by atoms with Gasteiger partial charge in [0, 0.05) is 46.1 Å². The van der Waals surface area contributed by atoms with Crippen molar-refractivity contribution in [3.63, 3.8) is 0 Å². The smallest absolute Gasteiger partial charge is 0.290 e. The molecule has 3 aromatic heterocycles. The fourth-order valence-electron chi connectivity index (χ4n) is 6.94. The van der Waals surface area contributed by atoms with Gasteiger partial charge in [-0.05, 0) is 74.9 Å². The molecule has 1 aliphatic carbocycles. The van der Waals surface area contributed by atoms with Gasteiger partial charge in [-0.25, -0.2) is 0 Å². The zero-order valence-electron chi connectivity index (χ0n) is 25.9. The fraction of sp³-hybridized carbons (Fsp3) is 0.371. The highest BCUT2D eigenvalue weighted by Gasteiger charge is 2.42. The Morgan fingerprint density at radius 3 is 2.02 bits per heavy atom. The third-order valence-corrected chi connectivity index (χ3v) is 10.2. The Labute approximate surface area is 286 Å². The van der Waals surface area contributed by atoms with Crippen molar-refractivity contribution in [3.05, 3.63) is 94.0 Å². The Bertz CT molecular complexity index is 1970. The van der Waals surface area contributed by atoms with E-state index in [0.29, 0.717) is 71.6 Å². The molecule has 48 heavy (non-hydrogen) atoms. The van der Waals surface area contributed by atoms with Crippen molar-refractivity contribution >= 4 is 35.0 Å². The third-order valence-electron chi connectivity index (χ3n) is 9.71. The van der Waals surface area contributed by atoms with Gasteiger partial charge in [0.1, 0.15) is 17.8 Å². The van der Waals surface area contributed by atoms with Gasteiger partial charge in [0.05, 0.1) is 0 Å². The van der Waals surface area contributed by atoms with Crippen molar-refractivity contribution in [2.24, 2.45) is 5.92 Å². The molecule has 246 valence electrons. The van der Waals surface area contributed by atoms with Crippen LogP contribution in [0.2, 0.25) is 10.0 Å². The number of aromatic nitrogens is 4. The van der Waals surface area contributed by atoms with E-state index in [4.69, 9.17) is 41.6 Å². The first kappa shape index (κ1) is 30.8. The fourth-order valence-corrected chi connectivity index (χ4v) is 7.32. The lowest BCUT2D eigenvalue weighted by Crippen LogP contribution is -2.45. The standard InChI is InChI=1S/C35H32Cl2N6O5/c36-24-9-2-7-22(17-24)30-38-32(47-40-30)26-11-4-15-42(26)35(45)29-13-12-28(46-29)21-14-16-43(34(44)20-5-1-6-20)27(19-21)33-39-31(41-48-33)23-8-3-10-25(37)18-23/h2-3,7-10,12-13,17-18,20-21,26-27H,1,4-6,11,14-16,19H2. The molecule has 3 fully saturated rings. The highest BCUT2D eigenvalue weighted by atomic mass is 35.5. The number of nitrogens with zero attached hydrogens (tertiary/aromatic N) is 6. The SMILES string of the molecule is O=C(c1ccc(C2CCN(C(=O)C3CCC3)C(c3nc(-c4cccc(Cl)c4)no3)C2)o1)N1CCCC1c1nc(-c2cccc(Cl)c2)no1. The number of piperidine rings is 1. The van der Waals surface area contributed by atoms with E-state index in [1.807, 2.05) is 35.2 Å². The van der Waals surface area contributed by atoms with E-state index in [1.54, 1.807) is 35.2 Å². The van der Waals surface area contributed by atoms with E-state index in [0.717, 1.165) is 36.8 Å². The number of halogens is 2. The number of furan rings is 1. The normalized spacial score (nSPS) is 21.4. The molecule has 8 rings (SSSR count). The van der Waals surface area contributed by atoms with Crippen LogP contribution >= 0.6 is 23.2 Å². The second-order valence-electron chi connectivity index (χ2n) is 12.7. The van der Waals surface area contributed by atoms with Gasteiger partial charge in [0.25, 0.3) is 5.91 Å². The van der Waals surface area contributed by atoms with Gasteiger partial charge in [-0.3, -0.25) is 9.59 Å². The molecule has 2 aromatic carbocycles.